The van der Waals surface area contributed by atoms with E-state index in [1.165, 1.54) is 6.07 Å². The van der Waals surface area contributed by atoms with Crippen LogP contribution in [0.3, 0.4) is 0 Å². The number of nitrogens with zero attached hydrogens (tertiary/aromatic N) is 2. The Kier molecular flexibility index (Phi) is 8.46. The van der Waals surface area contributed by atoms with Gasteiger partial charge in [0.15, 0.2) is 0 Å². The summed E-state index contributed by atoms with van der Waals surface area (Å²) in [7, 11) is 2.76. The van der Waals surface area contributed by atoms with E-state index in [0.717, 1.165) is 99.7 Å². The van der Waals surface area contributed by atoms with Crippen molar-refractivity contribution in [3.05, 3.63) is 212 Å². The number of furan rings is 1. The van der Waals surface area contributed by atoms with Gasteiger partial charge in [0.2, 0.25) is 0 Å². The van der Waals surface area contributed by atoms with Crippen LogP contribution in [0.25, 0.3) is 82.8 Å². The van der Waals surface area contributed by atoms with Crippen molar-refractivity contribution < 1.29 is 8.81 Å². The monoisotopic (exact) mass is 778 g/mol. The second-order valence-electron chi connectivity index (χ2n) is 14.9. The highest BCUT2D eigenvalue weighted by atomic mass is 31.0. The summed E-state index contributed by atoms with van der Waals surface area (Å²) >= 11 is 0. The molecule has 2 aromatic heterocycles. The molecule has 0 aliphatic rings. The normalized spacial score (nSPS) is 11.6. The Morgan fingerprint density at radius 2 is 1.07 bits per heavy atom. The van der Waals surface area contributed by atoms with Gasteiger partial charge in [0.25, 0.3) is 0 Å². The van der Waals surface area contributed by atoms with Gasteiger partial charge in [-0.2, -0.15) is 0 Å². The van der Waals surface area contributed by atoms with E-state index in [4.69, 9.17) is 4.42 Å². The maximum absolute atomic E-state index is 15.6. The minimum absolute atomic E-state index is 0.241. The van der Waals surface area contributed by atoms with Crippen molar-refractivity contribution in [1.82, 2.24) is 4.57 Å². The van der Waals surface area contributed by atoms with Crippen molar-refractivity contribution in [2.24, 2.45) is 0 Å². The molecule has 1 unspecified atom stereocenters. The predicted octanol–water partition coefficient (Wildman–Crippen LogP) is 14.8. The molecule has 0 amide bonds. The molecule has 0 fully saturated rings. The molecule has 11 rings (SSSR count). The Morgan fingerprint density at radius 1 is 0.441 bits per heavy atom. The Hall–Kier alpha value is -7.26. The molecule has 0 radical (unpaired) electrons. The number of benzene rings is 9. The molecule has 0 N–H and O–H groups in total. The Labute approximate surface area is 343 Å². The molecule has 5 heteroatoms. The fraction of sp³-hybridized carbons (Fsp3) is 0. The van der Waals surface area contributed by atoms with E-state index in [-0.39, 0.29) is 5.82 Å². The van der Waals surface area contributed by atoms with E-state index in [1.54, 1.807) is 6.07 Å². The standard InChI is InChI=1S/C54H36FN2OP/c55-50-20-9-18-47-49-34-44(59)30-31-51(49)57(53(47)50)43-15-7-13-39(33-43)36-22-26-40(27-23-36)56(42-14-6-12-38(32-42)35-10-2-1-3-11-35)41-28-24-37(25-29-41)45-17-8-19-48-46-16-4-5-21-52(46)58-54(45)48/h1-34H,59H2. The van der Waals surface area contributed by atoms with Gasteiger partial charge in [-0.3, -0.25) is 0 Å². The SMILES string of the molecule is Fc1cccc2c3cc(P)ccc3n(-c3cccc(-c4ccc(N(c5ccc(-c6cccc7c6oc6ccccc67)cc5)c5cccc(-c6ccccc6)c5)cc4)c3)c12. The second-order valence-corrected chi connectivity index (χ2v) is 15.6. The average molecular weight is 779 g/mol. The molecule has 1 atom stereocenters. The zero-order valence-corrected chi connectivity index (χ0v) is 33.0. The highest BCUT2D eigenvalue weighted by Crippen LogP contribution is 2.41. The van der Waals surface area contributed by atoms with Gasteiger partial charge in [-0.25, -0.2) is 4.39 Å². The maximum Gasteiger partial charge on any atom is 0.147 e. The van der Waals surface area contributed by atoms with Gasteiger partial charge in [0.1, 0.15) is 17.0 Å². The second kappa shape index (κ2) is 14.3. The first-order valence-corrected chi connectivity index (χ1v) is 20.3. The van der Waals surface area contributed by atoms with Gasteiger partial charge < -0.3 is 13.9 Å². The lowest BCUT2D eigenvalue weighted by Gasteiger charge is -2.26. The molecule has 3 nitrogen and oxygen atoms in total. The smallest absolute Gasteiger partial charge is 0.147 e. The summed E-state index contributed by atoms with van der Waals surface area (Å²) in [5.74, 6) is -0.241. The number of rotatable bonds is 7. The van der Waals surface area contributed by atoms with Crippen molar-refractivity contribution in [1.29, 1.82) is 0 Å². The number of fused-ring (bicyclic) bond motifs is 6. The van der Waals surface area contributed by atoms with Gasteiger partial charge in [-0.05, 0) is 106 Å². The van der Waals surface area contributed by atoms with Crippen molar-refractivity contribution in [3.8, 4) is 39.1 Å². The topological polar surface area (TPSA) is 21.3 Å². The predicted molar refractivity (Wildman–Crippen MR) is 248 cm³/mol. The Morgan fingerprint density at radius 3 is 1.88 bits per heavy atom. The summed E-state index contributed by atoms with van der Waals surface area (Å²) in [4.78, 5) is 2.30. The minimum Gasteiger partial charge on any atom is -0.455 e. The third-order valence-corrected chi connectivity index (χ3v) is 11.7. The lowest BCUT2D eigenvalue weighted by molar-refractivity contribution is 0.635. The lowest BCUT2D eigenvalue weighted by atomic mass is 10.0. The van der Waals surface area contributed by atoms with E-state index in [9.17, 15) is 0 Å². The van der Waals surface area contributed by atoms with E-state index in [2.05, 4.69) is 184 Å². The highest BCUT2D eigenvalue weighted by Gasteiger charge is 2.18. The van der Waals surface area contributed by atoms with Crippen LogP contribution in [-0.4, -0.2) is 4.57 Å². The molecule has 280 valence electrons. The summed E-state index contributed by atoms with van der Waals surface area (Å²) in [6.07, 6.45) is 0. The molecule has 0 saturated carbocycles. The molecule has 0 saturated heterocycles. The van der Waals surface area contributed by atoms with Crippen LogP contribution in [0.5, 0.6) is 0 Å². The molecular weight excluding hydrogens is 743 g/mol. The highest BCUT2D eigenvalue weighted by molar-refractivity contribution is 7.27. The van der Waals surface area contributed by atoms with E-state index in [1.807, 2.05) is 28.8 Å². The van der Waals surface area contributed by atoms with E-state index >= 15 is 4.39 Å². The van der Waals surface area contributed by atoms with Crippen molar-refractivity contribution in [3.63, 3.8) is 0 Å². The third-order valence-electron chi connectivity index (χ3n) is 11.4. The third kappa shape index (κ3) is 6.09. The quantitative estimate of drug-likeness (QED) is 0.150. The molecule has 9 aromatic carbocycles. The summed E-state index contributed by atoms with van der Waals surface area (Å²) in [5.41, 5.74) is 13.9. The number of para-hydroxylation sites is 3. The van der Waals surface area contributed by atoms with E-state index < -0.39 is 0 Å². The van der Waals surface area contributed by atoms with Crippen LogP contribution in [0, 0.1) is 5.82 Å². The summed E-state index contributed by atoms with van der Waals surface area (Å²) < 4.78 is 24.0. The van der Waals surface area contributed by atoms with Gasteiger partial charge in [0.05, 0.1) is 11.0 Å². The van der Waals surface area contributed by atoms with Crippen molar-refractivity contribution in [2.45, 2.75) is 0 Å². The number of halogens is 1. The van der Waals surface area contributed by atoms with Crippen molar-refractivity contribution in [2.75, 3.05) is 4.90 Å². The van der Waals surface area contributed by atoms with Crippen LogP contribution < -0.4 is 10.2 Å². The number of aromatic nitrogens is 1. The molecule has 59 heavy (non-hydrogen) atoms. The molecule has 2 heterocycles. The minimum atomic E-state index is -0.241. The molecule has 11 aromatic rings. The van der Waals surface area contributed by atoms with E-state index in [0.29, 0.717) is 5.52 Å². The molecule has 0 aliphatic heterocycles. The van der Waals surface area contributed by atoms with Crippen molar-refractivity contribution >= 4 is 75.4 Å². The molecule has 0 aliphatic carbocycles. The van der Waals surface area contributed by atoms with Crippen LogP contribution in [0.1, 0.15) is 0 Å². The van der Waals surface area contributed by atoms with Crippen LogP contribution in [0.2, 0.25) is 0 Å². The maximum atomic E-state index is 15.6. The average Bonchev–Trinajstić information content (AvgIpc) is 3.84. The van der Waals surface area contributed by atoms with Gasteiger partial charge in [-0.15, -0.1) is 9.24 Å². The number of anilines is 3. The summed E-state index contributed by atoms with van der Waals surface area (Å²) in [6, 6.07) is 71.2. The van der Waals surface area contributed by atoms with Crippen LogP contribution in [-0.2, 0) is 0 Å². The summed E-state index contributed by atoms with van der Waals surface area (Å²) in [6.45, 7) is 0. The Bertz CT molecular complexity index is 3350. The fourth-order valence-electron chi connectivity index (χ4n) is 8.61. The van der Waals surface area contributed by atoms with Crippen LogP contribution in [0.15, 0.2) is 211 Å². The lowest BCUT2D eigenvalue weighted by Crippen LogP contribution is -2.10. The first-order chi connectivity index (χ1) is 29.1. The molecule has 0 spiro atoms. The van der Waals surface area contributed by atoms with Gasteiger partial charge in [-0.1, -0.05) is 133 Å². The largest absolute Gasteiger partial charge is 0.455 e. The van der Waals surface area contributed by atoms with Crippen LogP contribution in [0.4, 0.5) is 21.5 Å². The first-order valence-electron chi connectivity index (χ1n) is 19.7. The van der Waals surface area contributed by atoms with Crippen LogP contribution >= 0.6 is 9.24 Å². The molecular formula is C54H36FN2OP. The van der Waals surface area contributed by atoms with Gasteiger partial charge in [0, 0.05) is 49.9 Å². The summed E-state index contributed by atoms with van der Waals surface area (Å²) in [5, 5.41) is 5.22. The zero-order chi connectivity index (χ0) is 39.5. The fourth-order valence-corrected chi connectivity index (χ4v) is 8.87. The number of hydrogen-bond donors (Lipinski definition) is 0. The zero-order valence-electron chi connectivity index (χ0n) is 31.9. The Balaban J connectivity index is 0.993. The number of hydrogen-bond acceptors (Lipinski definition) is 2. The van der Waals surface area contributed by atoms with Gasteiger partial charge >= 0.3 is 0 Å². The first kappa shape index (κ1) is 34.9. The molecule has 0 bridgehead atoms.